The van der Waals surface area contributed by atoms with E-state index >= 15 is 0 Å². The topological polar surface area (TPSA) is 171 Å². The van der Waals surface area contributed by atoms with E-state index in [9.17, 15) is 23.3 Å². The Kier molecular flexibility index (Phi) is 8.09. The Morgan fingerprint density at radius 2 is 1.86 bits per heavy atom. The van der Waals surface area contributed by atoms with Crippen LogP contribution in [0, 0.1) is 18.3 Å². The molecule has 1 amide bonds. The minimum atomic E-state index is -3.72. The number of nitrogens with one attached hydrogen (secondary N) is 3. The van der Waals surface area contributed by atoms with Gasteiger partial charge < -0.3 is 4.98 Å². The van der Waals surface area contributed by atoms with Crippen LogP contribution in [-0.4, -0.2) is 40.2 Å². The van der Waals surface area contributed by atoms with E-state index in [1.165, 1.54) is 12.1 Å². The van der Waals surface area contributed by atoms with Crippen molar-refractivity contribution in [1.82, 2.24) is 24.9 Å². The zero-order valence-corrected chi connectivity index (χ0v) is 21.7. The summed E-state index contributed by atoms with van der Waals surface area (Å²) >= 11 is 2.01. The number of hydrogen-bond donors (Lipinski definition) is 3. The highest BCUT2D eigenvalue weighted by Crippen LogP contribution is 2.22. The number of carbonyl (C=O) groups is 1. The second-order valence-corrected chi connectivity index (χ2v) is 11.3. The van der Waals surface area contributed by atoms with E-state index < -0.39 is 21.5 Å². The predicted octanol–water partition coefficient (Wildman–Crippen LogP) is 2.68. The molecule has 4 rings (SSSR count). The summed E-state index contributed by atoms with van der Waals surface area (Å²) in [7, 11) is -3.72. The van der Waals surface area contributed by atoms with Crippen LogP contribution in [0.15, 0.2) is 69.4 Å². The Balaban J connectivity index is 1.35. The van der Waals surface area contributed by atoms with Crippen molar-refractivity contribution in [1.29, 1.82) is 5.26 Å². The fraction of sp³-hybridized carbons (Fsp3) is 0.130. The number of aromatic nitrogens is 4. The number of aromatic amines is 1. The molecule has 4 aromatic rings. The molecule has 0 aliphatic carbocycles. The van der Waals surface area contributed by atoms with Crippen LogP contribution < -0.4 is 15.6 Å². The van der Waals surface area contributed by atoms with Gasteiger partial charge in [-0.25, -0.2) is 18.1 Å². The zero-order chi connectivity index (χ0) is 26.4. The molecule has 2 heterocycles. The first-order valence-electron chi connectivity index (χ1n) is 10.7. The second-order valence-electron chi connectivity index (χ2n) is 7.55. The zero-order valence-electron chi connectivity index (χ0n) is 19.3. The largest absolute Gasteiger partial charge is 0.300 e. The maximum atomic E-state index is 12.4. The van der Waals surface area contributed by atoms with Gasteiger partial charge in [-0.1, -0.05) is 71.1 Å². The monoisotopic (exact) mass is 553 g/mol. The average molecular weight is 554 g/mol. The van der Waals surface area contributed by atoms with Crippen LogP contribution in [0.3, 0.4) is 0 Å². The third-order valence-electron chi connectivity index (χ3n) is 4.85. The van der Waals surface area contributed by atoms with E-state index in [4.69, 9.17) is 0 Å². The molecule has 0 aliphatic rings. The molecule has 0 saturated carbocycles. The molecule has 14 heteroatoms. The molecule has 188 valence electrons. The highest BCUT2D eigenvalue weighted by Gasteiger charge is 2.17. The fourth-order valence-electron chi connectivity index (χ4n) is 3.05. The molecule has 0 saturated heterocycles. The normalized spacial score (nSPS) is 11.1. The Hall–Kier alpha value is -3.90. The van der Waals surface area contributed by atoms with E-state index in [2.05, 4.69) is 30.2 Å². The highest BCUT2D eigenvalue weighted by molar-refractivity contribution is 7.99. The van der Waals surface area contributed by atoms with Gasteiger partial charge >= 0.3 is 0 Å². The van der Waals surface area contributed by atoms with E-state index in [-0.39, 0.29) is 38.7 Å². The van der Waals surface area contributed by atoms with Crippen molar-refractivity contribution >= 4 is 44.2 Å². The summed E-state index contributed by atoms with van der Waals surface area (Å²) in [5.74, 6) is -0.529. The number of H-pyrrole nitrogens is 1. The summed E-state index contributed by atoms with van der Waals surface area (Å²) in [4.78, 5) is 31.8. The lowest BCUT2D eigenvalue weighted by molar-refractivity contribution is -0.113. The van der Waals surface area contributed by atoms with Gasteiger partial charge in [0.15, 0.2) is 5.16 Å². The van der Waals surface area contributed by atoms with Gasteiger partial charge in [-0.3, -0.25) is 14.9 Å². The molecule has 0 spiro atoms. The molecule has 37 heavy (non-hydrogen) atoms. The maximum Gasteiger partial charge on any atom is 0.270 e. The number of amides is 1. The lowest BCUT2D eigenvalue weighted by Crippen LogP contribution is -2.23. The summed E-state index contributed by atoms with van der Waals surface area (Å²) in [6, 6.07) is 17.1. The van der Waals surface area contributed by atoms with E-state index in [1.54, 1.807) is 42.5 Å². The Labute approximate surface area is 220 Å². The third-order valence-corrected chi connectivity index (χ3v) is 7.98. The van der Waals surface area contributed by atoms with Crippen molar-refractivity contribution < 1.29 is 13.2 Å². The number of benzene rings is 2. The van der Waals surface area contributed by atoms with Crippen LogP contribution in [0.5, 0.6) is 0 Å². The Morgan fingerprint density at radius 3 is 2.57 bits per heavy atom. The molecule has 0 aliphatic heterocycles. The van der Waals surface area contributed by atoms with Crippen molar-refractivity contribution in [2.75, 3.05) is 11.1 Å². The van der Waals surface area contributed by atoms with E-state index in [0.717, 1.165) is 28.7 Å². The second kappa shape index (κ2) is 11.4. The first-order valence-corrected chi connectivity index (χ1v) is 13.9. The van der Waals surface area contributed by atoms with Crippen LogP contribution in [0.1, 0.15) is 16.1 Å². The number of anilines is 1. The number of sulfonamides is 1. The number of carbonyl (C=O) groups excluding carboxylic acids is 1. The molecule has 11 nitrogen and oxygen atoms in total. The van der Waals surface area contributed by atoms with Crippen molar-refractivity contribution in [3.05, 3.63) is 81.1 Å². The van der Waals surface area contributed by atoms with Crippen LogP contribution in [0.2, 0.25) is 0 Å². The summed E-state index contributed by atoms with van der Waals surface area (Å²) in [6.07, 6.45) is 0. The summed E-state index contributed by atoms with van der Waals surface area (Å²) in [5.41, 5.74) is 1.08. The number of rotatable bonds is 9. The number of nitriles is 1. The first-order chi connectivity index (χ1) is 17.7. The molecular formula is C23H19N7O4S3. The van der Waals surface area contributed by atoms with Crippen LogP contribution in [0.25, 0.3) is 11.3 Å². The fourth-order valence-corrected chi connectivity index (χ4v) is 5.49. The van der Waals surface area contributed by atoms with Gasteiger partial charge in [0.25, 0.3) is 5.56 Å². The summed E-state index contributed by atoms with van der Waals surface area (Å²) in [5, 5.41) is 20.5. The molecule has 0 radical (unpaired) electrons. The Morgan fingerprint density at radius 1 is 1.14 bits per heavy atom. The summed E-state index contributed by atoms with van der Waals surface area (Å²) < 4.78 is 27.3. The van der Waals surface area contributed by atoms with Crippen molar-refractivity contribution in [3.63, 3.8) is 0 Å². The van der Waals surface area contributed by atoms with E-state index in [1.807, 2.05) is 13.0 Å². The minimum Gasteiger partial charge on any atom is -0.300 e. The predicted molar refractivity (Wildman–Crippen MR) is 139 cm³/mol. The van der Waals surface area contributed by atoms with Crippen molar-refractivity contribution in [2.45, 2.75) is 23.5 Å². The number of aryl methyl sites for hydroxylation is 1. The van der Waals surface area contributed by atoms with Gasteiger partial charge in [0.1, 0.15) is 16.6 Å². The molecule has 0 unspecified atom stereocenters. The minimum absolute atomic E-state index is 0.0862. The van der Waals surface area contributed by atoms with Gasteiger partial charge in [0.05, 0.1) is 22.9 Å². The van der Waals surface area contributed by atoms with E-state index in [0.29, 0.717) is 10.6 Å². The molecule has 2 aromatic heterocycles. The third kappa shape index (κ3) is 6.66. The molecule has 0 atom stereocenters. The van der Waals surface area contributed by atoms with Crippen molar-refractivity contribution in [3.8, 4) is 17.3 Å². The van der Waals surface area contributed by atoms with Gasteiger partial charge in [0.2, 0.25) is 21.1 Å². The molecule has 2 aromatic carbocycles. The van der Waals surface area contributed by atoms with Crippen LogP contribution in [0.4, 0.5) is 5.13 Å². The number of thioether (sulfide) groups is 1. The smallest absolute Gasteiger partial charge is 0.270 e. The maximum absolute atomic E-state index is 12.4. The number of hydrogen-bond acceptors (Lipinski definition) is 10. The summed E-state index contributed by atoms with van der Waals surface area (Å²) in [6.45, 7) is 1.78. The van der Waals surface area contributed by atoms with Crippen molar-refractivity contribution in [2.24, 2.45) is 0 Å². The lowest BCUT2D eigenvalue weighted by Gasteiger charge is -2.06. The molecule has 0 fully saturated rings. The molecular weight excluding hydrogens is 534 g/mol. The van der Waals surface area contributed by atoms with Gasteiger partial charge in [0, 0.05) is 5.56 Å². The SMILES string of the molecule is Cc1ccc(S(=O)(=O)NCc2nnc(NC(=O)CSc3nc(-c4ccccc4)c(C#N)c(=O)[nH]3)s2)cc1. The highest BCUT2D eigenvalue weighted by atomic mass is 32.2. The lowest BCUT2D eigenvalue weighted by atomic mass is 10.1. The van der Waals surface area contributed by atoms with Crippen LogP contribution in [-0.2, 0) is 21.4 Å². The molecule has 3 N–H and O–H groups in total. The van der Waals surface area contributed by atoms with Gasteiger partial charge in [-0.2, -0.15) is 5.26 Å². The average Bonchev–Trinajstić information content (AvgIpc) is 3.34. The Bertz CT molecular complexity index is 1630. The molecule has 0 bridgehead atoms. The van der Waals surface area contributed by atoms with Gasteiger partial charge in [-0.15, -0.1) is 10.2 Å². The number of nitrogens with zero attached hydrogens (tertiary/aromatic N) is 4. The standard InChI is InChI=1S/C23H19N7O4S3/c1-14-7-9-16(10-8-14)37(33,34)25-12-19-29-30-23(36-19)26-18(31)13-35-22-27-20(15-5-3-2-4-6-15)17(11-24)21(32)28-22/h2-10,25H,12-13H2,1H3,(H,26,30,31)(H,27,28,32). The quantitative estimate of drug-likeness (QED) is 0.208. The van der Waals surface area contributed by atoms with Crippen LogP contribution >= 0.6 is 23.1 Å². The first kappa shape index (κ1) is 26.2. The van der Waals surface area contributed by atoms with Gasteiger partial charge in [-0.05, 0) is 19.1 Å².